The van der Waals surface area contributed by atoms with E-state index in [1.165, 1.54) is 11.3 Å². The summed E-state index contributed by atoms with van der Waals surface area (Å²) >= 11 is 1.36. The first-order chi connectivity index (χ1) is 15.0. The second-order valence-electron chi connectivity index (χ2n) is 6.86. The van der Waals surface area contributed by atoms with Crippen molar-refractivity contribution in [2.24, 2.45) is 0 Å². The van der Waals surface area contributed by atoms with Crippen LogP contribution in [0, 0.1) is 6.92 Å². The molecule has 0 atom stereocenters. The Balaban J connectivity index is 1.69. The van der Waals surface area contributed by atoms with Crippen molar-refractivity contribution in [3.05, 3.63) is 53.0 Å². The highest BCUT2D eigenvalue weighted by Crippen LogP contribution is 2.32. The first-order valence-electron chi connectivity index (χ1n) is 10.1. The minimum Gasteiger partial charge on any atom is -0.493 e. The standard InChI is InChI=1S/C23H28N4O3S/c1-6-27(7-2)17-9-10-18(15(3)12-17)25-22(28)19-14-31-23(26-19)24-16-8-11-20(29-4)21(13-16)30-5/h8-14H,6-7H2,1-5H3,(H,24,26)(H,25,28). The van der Waals surface area contributed by atoms with Crippen LogP contribution in [0.4, 0.5) is 22.2 Å². The van der Waals surface area contributed by atoms with Crippen molar-refractivity contribution >= 4 is 39.4 Å². The molecule has 7 nitrogen and oxygen atoms in total. The maximum Gasteiger partial charge on any atom is 0.275 e. The number of carbonyl (C=O) groups excluding carboxylic acids is 1. The monoisotopic (exact) mass is 440 g/mol. The number of nitrogens with zero attached hydrogens (tertiary/aromatic N) is 2. The molecule has 0 radical (unpaired) electrons. The van der Waals surface area contributed by atoms with Crippen molar-refractivity contribution in [1.82, 2.24) is 4.98 Å². The summed E-state index contributed by atoms with van der Waals surface area (Å²) in [6.07, 6.45) is 0. The van der Waals surface area contributed by atoms with Gasteiger partial charge in [-0.3, -0.25) is 4.79 Å². The van der Waals surface area contributed by atoms with Crippen molar-refractivity contribution in [1.29, 1.82) is 0 Å². The van der Waals surface area contributed by atoms with Gasteiger partial charge in [-0.15, -0.1) is 11.3 Å². The molecule has 0 fully saturated rings. The predicted molar refractivity (Wildman–Crippen MR) is 128 cm³/mol. The second kappa shape index (κ2) is 10.2. The zero-order valence-electron chi connectivity index (χ0n) is 18.5. The zero-order chi connectivity index (χ0) is 22.4. The minimum absolute atomic E-state index is 0.240. The van der Waals surface area contributed by atoms with Crippen LogP contribution in [-0.4, -0.2) is 38.2 Å². The lowest BCUT2D eigenvalue weighted by Gasteiger charge is -2.22. The van der Waals surface area contributed by atoms with E-state index in [1.807, 2.05) is 37.3 Å². The van der Waals surface area contributed by atoms with Gasteiger partial charge < -0.3 is 25.0 Å². The molecule has 0 saturated carbocycles. The van der Waals surface area contributed by atoms with Gasteiger partial charge in [0.05, 0.1) is 14.2 Å². The van der Waals surface area contributed by atoms with Gasteiger partial charge in [0.1, 0.15) is 5.69 Å². The third-order valence-corrected chi connectivity index (χ3v) is 5.72. The number of carbonyl (C=O) groups is 1. The van der Waals surface area contributed by atoms with Crippen LogP contribution >= 0.6 is 11.3 Å². The lowest BCUT2D eigenvalue weighted by Crippen LogP contribution is -2.22. The molecule has 0 unspecified atom stereocenters. The molecule has 0 spiro atoms. The summed E-state index contributed by atoms with van der Waals surface area (Å²) in [7, 11) is 3.18. The lowest BCUT2D eigenvalue weighted by molar-refractivity contribution is 0.102. The van der Waals surface area contributed by atoms with E-state index in [0.717, 1.165) is 35.7 Å². The van der Waals surface area contributed by atoms with Gasteiger partial charge in [-0.2, -0.15) is 0 Å². The van der Waals surface area contributed by atoms with Crippen molar-refractivity contribution in [3.8, 4) is 11.5 Å². The van der Waals surface area contributed by atoms with Gasteiger partial charge in [-0.05, 0) is 56.7 Å². The molecule has 1 heterocycles. The van der Waals surface area contributed by atoms with Crippen LogP contribution in [0.25, 0.3) is 0 Å². The first kappa shape index (κ1) is 22.4. The van der Waals surface area contributed by atoms with Gasteiger partial charge in [0.25, 0.3) is 5.91 Å². The smallest absolute Gasteiger partial charge is 0.275 e. The predicted octanol–water partition coefficient (Wildman–Crippen LogP) is 5.31. The van der Waals surface area contributed by atoms with E-state index < -0.39 is 0 Å². The highest BCUT2D eigenvalue weighted by atomic mass is 32.1. The number of thiazole rings is 1. The van der Waals surface area contributed by atoms with Crippen LogP contribution in [0.5, 0.6) is 11.5 Å². The van der Waals surface area contributed by atoms with Gasteiger partial charge in [0.2, 0.25) is 0 Å². The molecule has 0 aliphatic rings. The molecule has 1 amide bonds. The Bertz CT molecular complexity index is 1050. The van der Waals surface area contributed by atoms with E-state index >= 15 is 0 Å². The summed E-state index contributed by atoms with van der Waals surface area (Å²) in [5, 5.41) is 8.51. The third kappa shape index (κ3) is 5.27. The number of ether oxygens (including phenoxy) is 2. The number of anilines is 4. The summed E-state index contributed by atoms with van der Waals surface area (Å²) in [5.74, 6) is 1.02. The van der Waals surface area contributed by atoms with E-state index in [2.05, 4.69) is 40.4 Å². The maximum atomic E-state index is 12.7. The SMILES string of the molecule is CCN(CC)c1ccc(NC(=O)c2csc(Nc3ccc(OC)c(OC)c3)n2)c(C)c1. The quantitative estimate of drug-likeness (QED) is 0.470. The molecular formula is C23H28N4O3S. The van der Waals surface area contributed by atoms with E-state index in [-0.39, 0.29) is 5.91 Å². The number of rotatable bonds is 9. The van der Waals surface area contributed by atoms with Crippen LogP contribution in [0.1, 0.15) is 29.9 Å². The van der Waals surface area contributed by atoms with Crippen LogP contribution in [-0.2, 0) is 0 Å². The largest absolute Gasteiger partial charge is 0.493 e. The lowest BCUT2D eigenvalue weighted by atomic mass is 10.1. The first-order valence-corrected chi connectivity index (χ1v) is 11.0. The Hall–Kier alpha value is -3.26. The zero-order valence-corrected chi connectivity index (χ0v) is 19.3. The number of hydrogen-bond acceptors (Lipinski definition) is 7. The summed E-state index contributed by atoms with van der Waals surface area (Å²) in [5.41, 5.74) is 4.09. The number of hydrogen-bond donors (Lipinski definition) is 2. The third-order valence-electron chi connectivity index (χ3n) is 4.96. The molecular weight excluding hydrogens is 412 g/mol. The number of aryl methyl sites for hydroxylation is 1. The van der Waals surface area contributed by atoms with Gasteiger partial charge in [0, 0.05) is 41.6 Å². The van der Waals surface area contributed by atoms with Crippen molar-refractivity contribution in [2.75, 3.05) is 42.8 Å². The molecule has 2 N–H and O–H groups in total. The summed E-state index contributed by atoms with van der Waals surface area (Å²) in [4.78, 5) is 19.4. The Morgan fingerprint density at radius 1 is 1.06 bits per heavy atom. The Labute approximate surface area is 187 Å². The second-order valence-corrected chi connectivity index (χ2v) is 7.72. The Morgan fingerprint density at radius 2 is 1.81 bits per heavy atom. The Kier molecular flexibility index (Phi) is 7.36. The molecule has 0 saturated heterocycles. The van der Waals surface area contributed by atoms with E-state index in [0.29, 0.717) is 22.3 Å². The molecule has 2 aromatic carbocycles. The summed E-state index contributed by atoms with van der Waals surface area (Å²) < 4.78 is 10.6. The molecule has 0 aliphatic heterocycles. The van der Waals surface area contributed by atoms with Crippen molar-refractivity contribution < 1.29 is 14.3 Å². The van der Waals surface area contributed by atoms with E-state index in [9.17, 15) is 4.79 Å². The van der Waals surface area contributed by atoms with Gasteiger partial charge in [0.15, 0.2) is 16.6 Å². The molecule has 3 aromatic rings. The van der Waals surface area contributed by atoms with Crippen LogP contribution in [0.2, 0.25) is 0 Å². The van der Waals surface area contributed by atoms with Crippen LogP contribution < -0.4 is 25.0 Å². The fourth-order valence-corrected chi connectivity index (χ4v) is 3.94. The van der Waals surface area contributed by atoms with Gasteiger partial charge in [-0.25, -0.2) is 4.98 Å². The topological polar surface area (TPSA) is 75.7 Å². The average Bonchev–Trinajstić information content (AvgIpc) is 3.25. The van der Waals surface area contributed by atoms with Crippen LogP contribution in [0.3, 0.4) is 0 Å². The minimum atomic E-state index is -0.240. The van der Waals surface area contributed by atoms with E-state index in [1.54, 1.807) is 19.6 Å². The van der Waals surface area contributed by atoms with Crippen molar-refractivity contribution in [3.63, 3.8) is 0 Å². The van der Waals surface area contributed by atoms with E-state index in [4.69, 9.17) is 9.47 Å². The molecule has 1 aromatic heterocycles. The number of aromatic nitrogens is 1. The fraction of sp³-hybridized carbons (Fsp3) is 0.304. The highest BCUT2D eigenvalue weighted by Gasteiger charge is 2.14. The number of nitrogens with one attached hydrogen (secondary N) is 2. The number of benzene rings is 2. The van der Waals surface area contributed by atoms with Crippen molar-refractivity contribution in [2.45, 2.75) is 20.8 Å². The summed E-state index contributed by atoms with van der Waals surface area (Å²) in [6, 6.07) is 11.6. The highest BCUT2D eigenvalue weighted by molar-refractivity contribution is 7.14. The molecule has 31 heavy (non-hydrogen) atoms. The Morgan fingerprint density at radius 3 is 2.45 bits per heavy atom. The normalized spacial score (nSPS) is 10.5. The maximum absolute atomic E-state index is 12.7. The van der Waals surface area contributed by atoms with Gasteiger partial charge >= 0.3 is 0 Å². The molecule has 8 heteroatoms. The molecule has 3 rings (SSSR count). The number of amides is 1. The number of methoxy groups -OCH3 is 2. The molecule has 0 bridgehead atoms. The average molecular weight is 441 g/mol. The molecule has 164 valence electrons. The molecule has 0 aliphatic carbocycles. The van der Waals surface area contributed by atoms with Gasteiger partial charge in [-0.1, -0.05) is 0 Å². The fourth-order valence-electron chi connectivity index (χ4n) is 3.23. The summed E-state index contributed by atoms with van der Waals surface area (Å²) in [6.45, 7) is 8.13. The van der Waals surface area contributed by atoms with Crippen LogP contribution in [0.15, 0.2) is 41.8 Å².